The van der Waals surface area contributed by atoms with Gasteiger partial charge in [-0.15, -0.1) is 0 Å². The first-order chi connectivity index (χ1) is 8.34. The smallest absolute Gasteiger partial charge is 0.274 e. The van der Waals surface area contributed by atoms with Gasteiger partial charge in [0.2, 0.25) is 0 Å². The highest BCUT2D eigenvalue weighted by Crippen LogP contribution is 2.16. The first-order valence-corrected chi connectivity index (χ1v) is 5.99. The monoisotopic (exact) mass is 233 g/mol. The Labute approximate surface area is 98.6 Å². The molecular formula is C12H15N3O2. The van der Waals surface area contributed by atoms with Gasteiger partial charge >= 0.3 is 0 Å². The Balaban J connectivity index is 1.82. The Morgan fingerprint density at radius 2 is 2.41 bits per heavy atom. The number of hydrogen-bond acceptors (Lipinski definition) is 3. The second kappa shape index (κ2) is 4.33. The van der Waals surface area contributed by atoms with E-state index < -0.39 is 0 Å². The molecule has 90 valence electrons. The van der Waals surface area contributed by atoms with E-state index in [0.717, 1.165) is 38.1 Å². The topological polar surface area (TPSA) is 48.5 Å². The summed E-state index contributed by atoms with van der Waals surface area (Å²) in [5.74, 6) is 0. The molecule has 0 aromatic carbocycles. The van der Waals surface area contributed by atoms with Crippen LogP contribution in [0.25, 0.3) is 5.65 Å². The largest absolute Gasteiger partial charge is 0.378 e. The number of aryl methyl sites for hydroxylation is 1. The molecule has 1 aliphatic heterocycles. The van der Waals surface area contributed by atoms with Gasteiger partial charge in [0.15, 0.2) is 0 Å². The van der Waals surface area contributed by atoms with Gasteiger partial charge in [-0.05, 0) is 19.3 Å². The molecule has 0 amide bonds. The molecule has 0 saturated carbocycles. The van der Waals surface area contributed by atoms with Gasteiger partial charge in [0.1, 0.15) is 5.65 Å². The van der Waals surface area contributed by atoms with Crippen molar-refractivity contribution in [1.29, 1.82) is 0 Å². The van der Waals surface area contributed by atoms with E-state index in [1.54, 1.807) is 12.3 Å². The quantitative estimate of drug-likeness (QED) is 0.796. The normalized spacial score (nSPS) is 20.1. The van der Waals surface area contributed by atoms with Crippen LogP contribution in [0.5, 0.6) is 0 Å². The standard InChI is InChI=1S/C12H15N3O2/c16-12-5-8-14(11-3-6-13-15(11)12)7-4-10-2-1-9-17-10/h3,5-6,8,10H,1-2,4,7,9H2/t10-/m0/s1. The Bertz CT molecular complexity index is 566. The highest BCUT2D eigenvalue weighted by atomic mass is 16.5. The van der Waals surface area contributed by atoms with Crippen molar-refractivity contribution in [2.24, 2.45) is 0 Å². The van der Waals surface area contributed by atoms with E-state index in [9.17, 15) is 4.79 Å². The Kier molecular flexibility index (Phi) is 2.68. The van der Waals surface area contributed by atoms with Crippen LogP contribution in [0.4, 0.5) is 0 Å². The average Bonchev–Trinajstić information content (AvgIpc) is 2.99. The van der Waals surface area contributed by atoms with E-state index in [2.05, 4.69) is 9.67 Å². The number of fused-ring (bicyclic) bond motifs is 1. The van der Waals surface area contributed by atoms with E-state index in [4.69, 9.17) is 4.74 Å². The molecule has 2 aromatic rings. The summed E-state index contributed by atoms with van der Waals surface area (Å²) in [5.41, 5.74) is 0.758. The third kappa shape index (κ3) is 1.98. The van der Waals surface area contributed by atoms with Crippen molar-refractivity contribution in [2.75, 3.05) is 6.61 Å². The molecule has 5 nitrogen and oxygen atoms in total. The first kappa shape index (κ1) is 10.5. The Hall–Kier alpha value is -1.62. The summed E-state index contributed by atoms with van der Waals surface area (Å²) in [7, 11) is 0. The maximum Gasteiger partial charge on any atom is 0.274 e. The first-order valence-electron chi connectivity index (χ1n) is 5.99. The van der Waals surface area contributed by atoms with Crippen LogP contribution in [0.1, 0.15) is 19.3 Å². The molecular weight excluding hydrogens is 218 g/mol. The Morgan fingerprint density at radius 1 is 1.47 bits per heavy atom. The molecule has 0 spiro atoms. The van der Waals surface area contributed by atoms with Crippen molar-refractivity contribution < 1.29 is 4.74 Å². The second-order valence-electron chi connectivity index (χ2n) is 4.37. The lowest BCUT2D eigenvalue weighted by Gasteiger charge is -2.12. The minimum absolute atomic E-state index is 0.0848. The van der Waals surface area contributed by atoms with Crippen LogP contribution >= 0.6 is 0 Å². The number of aromatic nitrogens is 3. The summed E-state index contributed by atoms with van der Waals surface area (Å²) >= 11 is 0. The van der Waals surface area contributed by atoms with Gasteiger partial charge in [0.05, 0.1) is 12.3 Å². The molecule has 5 heteroatoms. The molecule has 0 radical (unpaired) electrons. The number of hydrogen-bond donors (Lipinski definition) is 0. The third-order valence-corrected chi connectivity index (χ3v) is 3.24. The van der Waals surface area contributed by atoms with Crippen LogP contribution in [-0.4, -0.2) is 26.9 Å². The van der Waals surface area contributed by atoms with Gasteiger partial charge in [-0.1, -0.05) is 0 Å². The van der Waals surface area contributed by atoms with Gasteiger partial charge in [-0.2, -0.15) is 9.61 Å². The molecule has 1 atom stereocenters. The molecule has 1 fully saturated rings. The van der Waals surface area contributed by atoms with Gasteiger partial charge in [-0.3, -0.25) is 4.79 Å². The van der Waals surface area contributed by atoms with Crippen molar-refractivity contribution >= 4 is 5.65 Å². The van der Waals surface area contributed by atoms with Crippen molar-refractivity contribution in [3.05, 3.63) is 34.9 Å². The number of rotatable bonds is 3. The fourth-order valence-corrected chi connectivity index (χ4v) is 2.33. The zero-order valence-corrected chi connectivity index (χ0v) is 9.58. The minimum atomic E-state index is -0.0848. The maximum absolute atomic E-state index is 11.5. The molecule has 1 saturated heterocycles. The lowest BCUT2D eigenvalue weighted by molar-refractivity contribution is 0.101. The van der Waals surface area contributed by atoms with E-state index in [-0.39, 0.29) is 5.56 Å². The highest BCUT2D eigenvalue weighted by molar-refractivity contribution is 5.36. The maximum atomic E-state index is 11.5. The average molecular weight is 233 g/mol. The van der Waals surface area contributed by atoms with Gasteiger partial charge in [0.25, 0.3) is 5.56 Å². The van der Waals surface area contributed by atoms with Gasteiger partial charge in [-0.25, -0.2) is 0 Å². The zero-order valence-electron chi connectivity index (χ0n) is 9.58. The molecule has 3 rings (SSSR count). The molecule has 2 aromatic heterocycles. The molecule has 0 unspecified atom stereocenters. The van der Waals surface area contributed by atoms with Crippen LogP contribution in [0.3, 0.4) is 0 Å². The molecule has 0 bridgehead atoms. The summed E-state index contributed by atoms with van der Waals surface area (Å²) < 4.78 is 9.07. The van der Waals surface area contributed by atoms with Crippen LogP contribution in [0, 0.1) is 0 Å². The van der Waals surface area contributed by atoms with Crippen molar-refractivity contribution in [3.8, 4) is 0 Å². The van der Waals surface area contributed by atoms with E-state index in [0.29, 0.717) is 6.10 Å². The molecule has 17 heavy (non-hydrogen) atoms. The van der Waals surface area contributed by atoms with Crippen molar-refractivity contribution in [3.63, 3.8) is 0 Å². The van der Waals surface area contributed by atoms with Crippen LogP contribution in [0.2, 0.25) is 0 Å². The summed E-state index contributed by atoms with van der Waals surface area (Å²) in [4.78, 5) is 11.5. The summed E-state index contributed by atoms with van der Waals surface area (Å²) in [6.45, 7) is 1.75. The van der Waals surface area contributed by atoms with Crippen LogP contribution < -0.4 is 5.56 Å². The van der Waals surface area contributed by atoms with E-state index in [1.165, 1.54) is 4.52 Å². The molecule has 3 heterocycles. The van der Waals surface area contributed by atoms with E-state index in [1.807, 2.05) is 12.3 Å². The lowest BCUT2D eigenvalue weighted by atomic mass is 10.2. The van der Waals surface area contributed by atoms with Crippen molar-refractivity contribution in [2.45, 2.75) is 31.9 Å². The SMILES string of the molecule is O=c1ccn(CC[C@@H]2CCCO2)c2ccnn12. The fraction of sp³-hybridized carbons (Fsp3) is 0.500. The zero-order chi connectivity index (χ0) is 11.7. The van der Waals surface area contributed by atoms with Crippen LogP contribution in [-0.2, 0) is 11.3 Å². The Morgan fingerprint density at radius 3 is 3.24 bits per heavy atom. The minimum Gasteiger partial charge on any atom is -0.378 e. The lowest BCUT2D eigenvalue weighted by Crippen LogP contribution is -2.18. The van der Waals surface area contributed by atoms with E-state index >= 15 is 0 Å². The summed E-state index contributed by atoms with van der Waals surface area (Å²) in [6, 6.07) is 3.41. The predicted octanol–water partition coefficient (Wildman–Crippen LogP) is 1.07. The van der Waals surface area contributed by atoms with Crippen LogP contribution in [0.15, 0.2) is 29.3 Å². The molecule has 1 aliphatic rings. The number of nitrogens with zero attached hydrogens (tertiary/aromatic N) is 3. The fourth-order valence-electron chi connectivity index (χ4n) is 2.33. The summed E-state index contributed by atoms with van der Waals surface area (Å²) in [6.07, 6.45) is 7.15. The molecule has 0 N–H and O–H groups in total. The summed E-state index contributed by atoms with van der Waals surface area (Å²) in [5, 5.41) is 4.01. The second-order valence-corrected chi connectivity index (χ2v) is 4.37. The van der Waals surface area contributed by atoms with Gasteiger partial charge in [0, 0.05) is 31.5 Å². The molecule has 0 aliphatic carbocycles. The number of ether oxygens (including phenoxy) is 1. The highest BCUT2D eigenvalue weighted by Gasteiger charge is 2.15. The van der Waals surface area contributed by atoms with Crippen molar-refractivity contribution in [1.82, 2.24) is 14.2 Å². The predicted molar refractivity (Wildman–Crippen MR) is 63.0 cm³/mol. The van der Waals surface area contributed by atoms with Gasteiger partial charge < -0.3 is 9.30 Å². The third-order valence-electron chi connectivity index (χ3n) is 3.24.